The molecule has 1 aromatic carbocycles. The molecule has 0 aromatic heterocycles. The number of hydrogen-bond donors (Lipinski definition) is 0. The molecule has 15 heavy (non-hydrogen) atoms. The lowest BCUT2D eigenvalue weighted by Crippen LogP contribution is -2.25. The Balaban J connectivity index is 2.27. The van der Waals surface area contributed by atoms with Gasteiger partial charge in [0.25, 0.3) is 5.92 Å². The van der Waals surface area contributed by atoms with Crippen molar-refractivity contribution in [1.29, 1.82) is 0 Å². The topological polar surface area (TPSA) is 3.24 Å². The molecule has 0 atom stereocenters. The van der Waals surface area contributed by atoms with Crippen LogP contribution in [0.2, 0.25) is 0 Å². The summed E-state index contributed by atoms with van der Waals surface area (Å²) in [7, 11) is 0. The van der Waals surface area contributed by atoms with E-state index in [0.29, 0.717) is 0 Å². The van der Waals surface area contributed by atoms with Gasteiger partial charge >= 0.3 is 0 Å². The number of hydrogen-bond acceptors (Lipinski definition) is 1. The molecule has 0 spiro atoms. The third kappa shape index (κ3) is 2.06. The van der Waals surface area contributed by atoms with Gasteiger partial charge in [-0.15, -0.1) is 0 Å². The Morgan fingerprint density at radius 1 is 1.20 bits per heavy atom. The molecule has 1 fully saturated rings. The first-order valence-electron chi connectivity index (χ1n) is 4.56. The van der Waals surface area contributed by atoms with Crippen LogP contribution in [0.15, 0.2) is 18.2 Å². The van der Waals surface area contributed by atoms with Crippen LogP contribution >= 0.6 is 0 Å². The molecule has 1 aliphatic heterocycles. The molecule has 1 aromatic rings. The van der Waals surface area contributed by atoms with Crippen molar-refractivity contribution >= 4 is 5.69 Å². The molecule has 82 valence electrons. The van der Waals surface area contributed by atoms with Crippen LogP contribution in [-0.4, -0.2) is 19.0 Å². The Bertz CT molecular complexity index is 378. The SMILES string of the molecule is Fc1ccc(F)c(N2CCC(F)(F)C2)c1. The summed E-state index contributed by atoms with van der Waals surface area (Å²) >= 11 is 0. The average molecular weight is 219 g/mol. The van der Waals surface area contributed by atoms with E-state index in [0.717, 1.165) is 18.2 Å². The van der Waals surface area contributed by atoms with E-state index in [9.17, 15) is 17.6 Å². The molecule has 0 radical (unpaired) electrons. The highest BCUT2D eigenvalue weighted by Gasteiger charge is 2.39. The summed E-state index contributed by atoms with van der Waals surface area (Å²) in [5.74, 6) is -4.10. The maximum atomic E-state index is 13.2. The van der Waals surface area contributed by atoms with Gasteiger partial charge in [-0.3, -0.25) is 0 Å². The lowest BCUT2D eigenvalue weighted by Gasteiger charge is -2.18. The van der Waals surface area contributed by atoms with Crippen LogP contribution in [-0.2, 0) is 0 Å². The van der Waals surface area contributed by atoms with Crippen molar-refractivity contribution in [2.75, 3.05) is 18.0 Å². The van der Waals surface area contributed by atoms with Gasteiger partial charge in [-0.05, 0) is 12.1 Å². The van der Waals surface area contributed by atoms with E-state index in [1.807, 2.05) is 0 Å². The molecule has 0 aliphatic carbocycles. The lowest BCUT2D eigenvalue weighted by molar-refractivity contribution is 0.0257. The molecule has 0 unspecified atom stereocenters. The predicted molar refractivity (Wildman–Crippen MR) is 48.1 cm³/mol. The Labute approximate surface area is 84.3 Å². The average Bonchev–Trinajstić information content (AvgIpc) is 2.50. The van der Waals surface area contributed by atoms with Gasteiger partial charge in [0.05, 0.1) is 12.2 Å². The van der Waals surface area contributed by atoms with Crippen LogP contribution in [0.4, 0.5) is 23.2 Å². The molecule has 1 nitrogen and oxygen atoms in total. The number of alkyl halides is 2. The van der Waals surface area contributed by atoms with E-state index in [2.05, 4.69) is 0 Å². The van der Waals surface area contributed by atoms with Gasteiger partial charge in [-0.25, -0.2) is 17.6 Å². The first kappa shape index (κ1) is 10.3. The summed E-state index contributed by atoms with van der Waals surface area (Å²) in [6.07, 6.45) is -0.317. The zero-order valence-corrected chi connectivity index (χ0v) is 7.81. The largest absolute Gasteiger partial charge is 0.363 e. The van der Waals surface area contributed by atoms with Crippen molar-refractivity contribution in [1.82, 2.24) is 0 Å². The van der Waals surface area contributed by atoms with Crippen molar-refractivity contribution in [3.63, 3.8) is 0 Å². The minimum Gasteiger partial charge on any atom is -0.363 e. The van der Waals surface area contributed by atoms with E-state index in [1.54, 1.807) is 0 Å². The second-order valence-corrected chi connectivity index (χ2v) is 3.62. The van der Waals surface area contributed by atoms with Gasteiger partial charge in [-0.1, -0.05) is 0 Å². The highest BCUT2D eigenvalue weighted by Crippen LogP contribution is 2.32. The van der Waals surface area contributed by atoms with Gasteiger partial charge in [0.2, 0.25) is 0 Å². The Hall–Kier alpha value is -1.26. The van der Waals surface area contributed by atoms with Gasteiger partial charge in [0, 0.05) is 19.0 Å². The summed E-state index contributed by atoms with van der Waals surface area (Å²) in [6, 6.07) is 2.85. The quantitative estimate of drug-likeness (QED) is 0.656. The van der Waals surface area contributed by atoms with Gasteiger partial charge in [-0.2, -0.15) is 0 Å². The van der Waals surface area contributed by atoms with E-state index < -0.39 is 24.1 Å². The van der Waals surface area contributed by atoms with Crippen LogP contribution in [0, 0.1) is 11.6 Å². The molecule has 1 aliphatic rings. The van der Waals surface area contributed by atoms with Gasteiger partial charge in [0.1, 0.15) is 11.6 Å². The first-order valence-corrected chi connectivity index (χ1v) is 4.56. The maximum Gasteiger partial charge on any atom is 0.266 e. The number of anilines is 1. The van der Waals surface area contributed by atoms with E-state index >= 15 is 0 Å². The number of rotatable bonds is 1. The smallest absolute Gasteiger partial charge is 0.266 e. The molecular weight excluding hydrogens is 210 g/mol. The molecule has 1 heterocycles. The molecule has 0 saturated carbocycles. The first-order chi connectivity index (χ1) is 6.98. The van der Waals surface area contributed by atoms with E-state index in [-0.39, 0.29) is 18.7 Å². The van der Waals surface area contributed by atoms with Crippen LogP contribution in [0.1, 0.15) is 6.42 Å². The van der Waals surface area contributed by atoms with Crippen molar-refractivity contribution in [2.45, 2.75) is 12.3 Å². The van der Waals surface area contributed by atoms with E-state index in [4.69, 9.17) is 0 Å². The fourth-order valence-electron chi connectivity index (χ4n) is 1.67. The van der Waals surface area contributed by atoms with Crippen LogP contribution in [0.25, 0.3) is 0 Å². The van der Waals surface area contributed by atoms with Crippen LogP contribution in [0.3, 0.4) is 0 Å². The summed E-state index contributed by atoms with van der Waals surface area (Å²) in [6.45, 7) is -0.499. The summed E-state index contributed by atoms with van der Waals surface area (Å²) in [5, 5.41) is 0. The number of benzene rings is 1. The number of halogens is 4. The second-order valence-electron chi connectivity index (χ2n) is 3.62. The summed E-state index contributed by atoms with van der Waals surface area (Å²) in [5.41, 5.74) is -0.0906. The van der Waals surface area contributed by atoms with Crippen molar-refractivity contribution < 1.29 is 17.6 Å². The third-order valence-corrected chi connectivity index (χ3v) is 2.42. The third-order valence-electron chi connectivity index (χ3n) is 2.42. The highest BCUT2D eigenvalue weighted by molar-refractivity contribution is 5.49. The molecular formula is C10H9F4N. The Morgan fingerprint density at radius 3 is 2.53 bits per heavy atom. The minimum absolute atomic E-state index is 0.0490. The fraction of sp³-hybridized carbons (Fsp3) is 0.400. The fourth-order valence-corrected chi connectivity index (χ4v) is 1.67. The Kier molecular flexibility index (Phi) is 2.32. The zero-order chi connectivity index (χ0) is 11.1. The van der Waals surface area contributed by atoms with Crippen LogP contribution in [0.5, 0.6) is 0 Å². The molecule has 1 saturated heterocycles. The lowest BCUT2D eigenvalue weighted by atomic mass is 10.2. The van der Waals surface area contributed by atoms with Crippen LogP contribution < -0.4 is 4.90 Å². The summed E-state index contributed by atoms with van der Waals surface area (Å²) < 4.78 is 51.7. The normalized spacial score (nSPS) is 19.6. The van der Waals surface area contributed by atoms with Crippen molar-refractivity contribution in [3.05, 3.63) is 29.8 Å². The number of nitrogens with zero attached hydrogens (tertiary/aromatic N) is 1. The van der Waals surface area contributed by atoms with Gasteiger partial charge in [0.15, 0.2) is 0 Å². The highest BCUT2D eigenvalue weighted by atomic mass is 19.3. The molecule has 0 N–H and O–H groups in total. The predicted octanol–water partition coefficient (Wildman–Crippen LogP) is 2.81. The molecule has 2 rings (SSSR count). The maximum absolute atomic E-state index is 13.2. The Morgan fingerprint density at radius 2 is 1.93 bits per heavy atom. The minimum atomic E-state index is -2.81. The second kappa shape index (κ2) is 3.40. The molecule has 0 amide bonds. The summed E-state index contributed by atoms with van der Waals surface area (Å²) in [4.78, 5) is 1.17. The zero-order valence-electron chi connectivity index (χ0n) is 7.81. The standard InChI is InChI=1S/C10H9F4N/c11-7-1-2-8(12)9(5-7)15-4-3-10(13,14)6-15/h1-2,5H,3-4,6H2. The van der Waals surface area contributed by atoms with Crippen molar-refractivity contribution in [2.24, 2.45) is 0 Å². The van der Waals surface area contributed by atoms with Gasteiger partial charge < -0.3 is 4.90 Å². The van der Waals surface area contributed by atoms with Crippen molar-refractivity contribution in [3.8, 4) is 0 Å². The molecule has 5 heteroatoms. The van der Waals surface area contributed by atoms with E-state index in [1.165, 1.54) is 4.90 Å². The monoisotopic (exact) mass is 219 g/mol. The molecule has 0 bridgehead atoms.